The first-order chi connectivity index (χ1) is 13.8. The normalized spacial score (nSPS) is 11.9. The van der Waals surface area contributed by atoms with Gasteiger partial charge in [-0.05, 0) is 55.8 Å². The molecule has 3 heteroatoms. The Hall–Kier alpha value is 0.390. The molecule has 0 aromatic rings. The van der Waals surface area contributed by atoms with Crippen LogP contribution < -0.4 is 0 Å². The quantitative estimate of drug-likeness (QED) is 0.0451. The van der Waals surface area contributed by atoms with E-state index in [1.165, 1.54) is 107 Å². The van der Waals surface area contributed by atoms with Crippen molar-refractivity contribution in [3.05, 3.63) is 12.2 Å². The molecule has 0 saturated carbocycles. The van der Waals surface area contributed by atoms with E-state index in [1.807, 2.05) is 0 Å². The number of unbranched alkanes of at least 4 members (excludes halogenated alkanes) is 12. The van der Waals surface area contributed by atoms with Crippen LogP contribution in [0.25, 0.3) is 0 Å². The highest BCUT2D eigenvalue weighted by atomic mass is 127. The first-order valence-corrected chi connectivity index (χ1v) is 13.8. The monoisotopic (exact) mass is 508 g/mol. The third-order valence-electron chi connectivity index (χ3n) is 5.08. The number of allylic oxidation sites excluding steroid dienone is 2. The maximum atomic E-state index is 6.09. The summed E-state index contributed by atoms with van der Waals surface area (Å²) in [6, 6.07) is 0. The van der Waals surface area contributed by atoms with E-state index in [1.54, 1.807) is 0 Å². The molecule has 0 N–H and O–H groups in total. The molecule has 2 nitrogen and oxygen atoms in total. The van der Waals surface area contributed by atoms with Crippen molar-refractivity contribution in [2.24, 2.45) is 0 Å². The minimum atomic E-state index is 0.0246. The first kappa shape index (κ1) is 28.4. The van der Waals surface area contributed by atoms with Crippen molar-refractivity contribution >= 4 is 22.6 Å². The second-order valence-electron chi connectivity index (χ2n) is 7.94. The number of ether oxygens (including phenoxy) is 2. The summed E-state index contributed by atoms with van der Waals surface area (Å²) in [5, 5.41) is 0. The largest absolute Gasteiger partial charge is 0.353 e. The van der Waals surface area contributed by atoms with Gasteiger partial charge in [0.1, 0.15) is 0 Å². The van der Waals surface area contributed by atoms with E-state index < -0.39 is 0 Å². The smallest absolute Gasteiger partial charge is 0.157 e. The average molecular weight is 509 g/mol. The molecule has 0 aliphatic rings. The Kier molecular flexibility index (Phi) is 25.8. The first-order valence-electron chi connectivity index (χ1n) is 12.3. The summed E-state index contributed by atoms with van der Waals surface area (Å²) in [7, 11) is 0. The lowest BCUT2D eigenvalue weighted by atomic mass is 10.1. The Balaban J connectivity index is 3.83. The van der Waals surface area contributed by atoms with Gasteiger partial charge >= 0.3 is 0 Å². The van der Waals surface area contributed by atoms with Gasteiger partial charge in [-0.25, -0.2) is 0 Å². The summed E-state index contributed by atoms with van der Waals surface area (Å²) >= 11 is 2.45. The number of alkyl halides is 1. The van der Waals surface area contributed by atoms with E-state index in [0.29, 0.717) is 0 Å². The lowest BCUT2D eigenvalue weighted by Gasteiger charge is -2.19. The van der Waals surface area contributed by atoms with Gasteiger partial charge in [-0.2, -0.15) is 0 Å². The van der Waals surface area contributed by atoms with Gasteiger partial charge in [0.25, 0.3) is 0 Å². The Morgan fingerprint density at radius 2 is 1.11 bits per heavy atom. The van der Waals surface area contributed by atoms with Gasteiger partial charge in [-0.1, -0.05) is 106 Å². The van der Waals surface area contributed by atoms with Gasteiger partial charge in [0.15, 0.2) is 6.29 Å². The van der Waals surface area contributed by atoms with E-state index in [0.717, 1.165) is 19.6 Å². The molecule has 28 heavy (non-hydrogen) atoms. The lowest BCUT2D eigenvalue weighted by Crippen LogP contribution is -2.19. The zero-order valence-corrected chi connectivity index (χ0v) is 21.2. The second kappa shape index (κ2) is 25.4. The Morgan fingerprint density at radius 3 is 1.64 bits per heavy atom. The van der Waals surface area contributed by atoms with Gasteiger partial charge in [0.2, 0.25) is 0 Å². The van der Waals surface area contributed by atoms with Crippen molar-refractivity contribution in [3.63, 3.8) is 0 Å². The molecule has 168 valence electrons. The predicted octanol–water partition coefficient (Wildman–Crippen LogP) is 9.01. The summed E-state index contributed by atoms with van der Waals surface area (Å²) < 4.78 is 13.4. The number of hydrogen-bond donors (Lipinski definition) is 0. The molecule has 0 saturated heterocycles. The molecule has 0 heterocycles. The van der Waals surface area contributed by atoms with E-state index in [4.69, 9.17) is 9.47 Å². The molecule has 0 amide bonds. The lowest BCUT2D eigenvalue weighted by molar-refractivity contribution is -0.148. The standard InChI is InChI=1S/C25H49IO2/c1-3-5-7-15-19-23-27-25(28-24-20-16-8-6-4-2)21-17-13-11-9-10-12-14-18-22-26/h10,12,25H,3-9,11,13-24H2,1-2H3/b12-10-. The number of rotatable bonds is 23. The highest BCUT2D eigenvalue weighted by Gasteiger charge is 2.09. The highest BCUT2D eigenvalue weighted by molar-refractivity contribution is 14.1. The fraction of sp³-hybridized carbons (Fsp3) is 0.920. The maximum absolute atomic E-state index is 6.09. The van der Waals surface area contributed by atoms with Crippen LogP contribution in [0.15, 0.2) is 12.2 Å². The molecule has 0 aliphatic heterocycles. The molecule has 0 unspecified atom stereocenters. The summed E-state index contributed by atoms with van der Waals surface area (Å²) in [5.74, 6) is 0. The zero-order valence-electron chi connectivity index (χ0n) is 19.1. The summed E-state index contributed by atoms with van der Waals surface area (Å²) in [4.78, 5) is 0. The van der Waals surface area contributed by atoms with Crippen LogP contribution in [0.1, 0.15) is 123 Å². The molecule has 0 rings (SSSR count). The zero-order chi connectivity index (χ0) is 20.5. The van der Waals surface area contributed by atoms with Crippen molar-refractivity contribution in [3.8, 4) is 0 Å². The Morgan fingerprint density at radius 1 is 0.607 bits per heavy atom. The topological polar surface area (TPSA) is 18.5 Å². The molecular formula is C25H49IO2. The molecule has 0 aliphatic carbocycles. The van der Waals surface area contributed by atoms with Crippen molar-refractivity contribution < 1.29 is 9.47 Å². The molecule has 0 aromatic heterocycles. The van der Waals surface area contributed by atoms with Crippen LogP contribution in [0.2, 0.25) is 0 Å². The minimum absolute atomic E-state index is 0.0246. The van der Waals surface area contributed by atoms with Crippen molar-refractivity contribution in [1.82, 2.24) is 0 Å². The third-order valence-corrected chi connectivity index (χ3v) is 5.85. The van der Waals surface area contributed by atoms with Gasteiger partial charge in [-0.3, -0.25) is 0 Å². The van der Waals surface area contributed by atoms with Gasteiger partial charge < -0.3 is 9.47 Å². The van der Waals surface area contributed by atoms with Crippen LogP contribution in [0.3, 0.4) is 0 Å². The molecular weight excluding hydrogens is 459 g/mol. The van der Waals surface area contributed by atoms with Crippen LogP contribution >= 0.6 is 22.6 Å². The van der Waals surface area contributed by atoms with E-state index in [2.05, 4.69) is 48.6 Å². The molecule has 0 radical (unpaired) electrons. The Bertz CT molecular complexity index is 291. The van der Waals surface area contributed by atoms with Gasteiger partial charge in [0, 0.05) is 13.2 Å². The van der Waals surface area contributed by atoms with E-state index in [9.17, 15) is 0 Å². The van der Waals surface area contributed by atoms with Crippen LogP contribution in [0.4, 0.5) is 0 Å². The van der Waals surface area contributed by atoms with Gasteiger partial charge in [0.05, 0.1) is 0 Å². The Labute approximate surface area is 190 Å². The van der Waals surface area contributed by atoms with E-state index >= 15 is 0 Å². The van der Waals surface area contributed by atoms with Crippen LogP contribution in [0.5, 0.6) is 0 Å². The number of hydrogen-bond acceptors (Lipinski definition) is 2. The highest BCUT2D eigenvalue weighted by Crippen LogP contribution is 2.13. The number of halogens is 1. The molecule has 0 spiro atoms. The maximum Gasteiger partial charge on any atom is 0.157 e. The molecule has 0 aromatic carbocycles. The second-order valence-corrected chi connectivity index (χ2v) is 9.02. The summed E-state index contributed by atoms with van der Waals surface area (Å²) in [6.45, 7) is 6.26. The van der Waals surface area contributed by atoms with E-state index in [-0.39, 0.29) is 6.29 Å². The van der Waals surface area contributed by atoms with Crippen molar-refractivity contribution in [2.45, 2.75) is 129 Å². The predicted molar refractivity (Wildman–Crippen MR) is 134 cm³/mol. The fourth-order valence-corrected chi connectivity index (χ4v) is 3.68. The summed E-state index contributed by atoms with van der Waals surface area (Å²) in [6.07, 6.45) is 26.3. The van der Waals surface area contributed by atoms with Crippen molar-refractivity contribution in [2.75, 3.05) is 17.6 Å². The van der Waals surface area contributed by atoms with Crippen molar-refractivity contribution in [1.29, 1.82) is 0 Å². The van der Waals surface area contributed by atoms with Crippen LogP contribution in [-0.2, 0) is 9.47 Å². The van der Waals surface area contributed by atoms with Crippen LogP contribution in [0, 0.1) is 0 Å². The van der Waals surface area contributed by atoms with Crippen LogP contribution in [-0.4, -0.2) is 23.9 Å². The summed E-state index contributed by atoms with van der Waals surface area (Å²) in [5.41, 5.74) is 0. The average Bonchev–Trinajstić information content (AvgIpc) is 2.71. The molecule has 0 atom stereocenters. The molecule has 0 bridgehead atoms. The van der Waals surface area contributed by atoms with Gasteiger partial charge in [-0.15, -0.1) is 0 Å². The molecule has 0 fully saturated rings. The third kappa shape index (κ3) is 22.7. The fourth-order valence-electron chi connectivity index (χ4n) is 3.24. The SMILES string of the molecule is CCCCCCCOC(CCCCC/C=C\CCCI)OCCCCCCC. The minimum Gasteiger partial charge on any atom is -0.353 e.